The molecule has 2 heteroatoms. The van der Waals surface area contributed by atoms with Gasteiger partial charge in [0.1, 0.15) is 0 Å². The topological polar surface area (TPSA) is 21.3 Å². The van der Waals surface area contributed by atoms with Crippen LogP contribution >= 0.6 is 0 Å². The Bertz CT molecular complexity index is 193. The fraction of sp³-hybridized carbons (Fsp3) is 1.00. The van der Waals surface area contributed by atoms with E-state index in [1.807, 2.05) is 7.05 Å². The maximum Gasteiger partial charge on any atom is 0.0608 e. The molecule has 102 valence electrons. The molecule has 1 fully saturated rings. The van der Waals surface area contributed by atoms with Gasteiger partial charge in [-0.25, -0.2) is 0 Å². The summed E-state index contributed by atoms with van der Waals surface area (Å²) in [7, 11) is 2.01. The minimum absolute atomic E-state index is 0.522. The van der Waals surface area contributed by atoms with Gasteiger partial charge in [0.25, 0.3) is 0 Å². The summed E-state index contributed by atoms with van der Waals surface area (Å²) in [4.78, 5) is 0. The van der Waals surface area contributed by atoms with Crippen molar-refractivity contribution in [1.82, 2.24) is 5.32 Å². The zero-order valence-electron chi connectivity index (χ0n) is 12.2. The molecule has 0 radical (unpaired) electrons. The standard InChI is InChI=1S/C15H31NO/c1-12(2)14-8-7-13(3)11-15(14)17-10-6-5-9-16-4/h12-16H,5-11H2,1-4H3. The van der Waals surface area contributed by atoms with E-state index < -0.39 is 0 Å². The van der Waals surface area contributed by atoms with Gasteiger partial charge in [-0.05, 0) is 57.0 Å². The fourth-order valence-corrected chi connectivity index (χ4v) is 2.94. The van der Waals surface area contributed by atoms with Crippen LogP contribution < -0.4 is 5.32 Å². The van der Waals surface area contributed by atoms with Gasteiger partial charge in [0, 0.05) is 6.61 Å². The summed E-state index contributed by atoms with van der Waals surface area (Å²) in [6, 6.07) is 0. The van der Waals surface area contributed by atoms with E-state index in [-0.39, 0.29) is 0 Å². The van der Waals surface area contributed by atoms with E-state index >= 15 is 0 Å². The number of hydrogen-bond acceptors (Lipinski definition) is 2. The van der Waals surface area contributed by atoms with Gasteiger partial charge in [-0.2, -0.15) is 0 Å². The Kier molecular flexibility index (Phi) is 7.14. The van der Waals surface area contributed by atoms with Crippen LogP contribution in [-0.2, 0) is 4.74 Å². The van der Waals surface area contributed by atoms with Crippen molar-refractivity contribution in [3.05, 3.63) is 0 Å². The van der Waals surface area contributed by atoms with Crippen molar-refractivity contribution in [3.63, 3.8) is 0 Å². The van der Waals surface area contributed by atoms with E-state index in [4.69, 9.17) is 4.74 Å². The molecule has 1 aliphatic carbocycles. The second kappa shape index (κ2) is 8.10. The normalized spacial score (nSPS) is 29.8. The smallest absolute Gasteiger partial charge is 0.0608 e. The third kappa shape index (κ3) is 5.39. The van der Waals surface area contributed by atoms with Gasteiger partial charge in [0.15, 0.2) is 0 Å². The number of ether oxygens (including phenoxy) is 1. The van der Waals surface area contributed by atoms with Crippen LogP contribution in [0.5, 0.6) is 0 Å². The molecule has 0 aromatic heterocycles. The van der Waals surface area contributed by atoms with Crippen molar-refractivity contribution in [3.8, 4) is 0 Å². The van der Waals surface area contributed by atoms with Crippen LogP contribution in [0.4, 0.5) is 0 Å². The number of unbranched alkanes of at least 4 members (excludes halogenated alkanes) is 1. The van der Waals surface area contributed by atoms with Crippen molar-refractivity contribution in [1.29, 1.82) is 0 Å². The Hall–Kier alpha value is -0.0800. The highest BCUT2D eigenvalue weighted by Crippen LogP contribution is 2.35. The molecule has 1 rings (SSSR count). The second-order valence-corrected chi connectivity index (χ2v) is 6.05. The lowest BCUT2D eigenvalue weighted by molar-refractivity contribution is -0.0392. The molecular formula is C15H31NO. The molecule has 0 saturated heterocycles. The van der Waals surface area contributed by atoms with Crippen LogP contribution in [0.25, 0.3) is 0 Å². The van der Waals surface area contributed by atoms with Crippen molar-refractivity contribution < 1.29 is 4.74 Å². The first-order valence-electron chi connectivity index (χ1n) is 7.41. The van der Waals surface area contributed by atoms with Crippen LogP contribution in [0.15, 0.2) is 0 Å². The van der Waals surface area contributed by atoms with Gasteiger partial charge < -0.3 is 10.1 Å². The fourth-order valence-electron chi connectivity index (χ4n) is 2.94. The molecule has 1 N–H and O–H groups in total. The van der Waals surface area contributed by atoms with Crippen LogP contribution in [-0.4, -0.2) is 26.3 Å². The quantitative estimate of drug-likeness (QED) is 0.689. The SMILES string of the molecule is CNCCCCOC1CC(C)CCC1C(C)C. The summed E-state index contributed by atoms with van der Waals surface area (Å²) in [5.41, 5.74) is 0. The minimum atomic E-state index is 0.522. The summed E-state index contributed by atoms with van der Waals surface area (Å²) in [6.07, 6.45) is 6.97. The lowest BCUT2D eigenvalue weighted by Crippen LogP contribution is -2.34. The molecule has 0 heterocycles. The van der Waals surface area contributed by atoms with Gasteiger partial charge in [-0.15, -0.1) is 0 Å². The predicted octanol–water partition coefficient (Wildman–Crippen LogP) is 3.46. The highest BCUT2D eigenvalue weighted by atomic mass is 16.5. The van der Waals surface area contributed by atoms with E-state index in [1.54, 1.807) is 0 Å². The first-order chi connectivity index (χ1) is 8.15. The lowest BCUT2D eigenvalue weighted by Gasteiger charge is -2.37. The van der Waals surface area contributed by atoms with Crippen molar-refractivity contribution in [2.24, 2.45) is 17.8 Å². The summed E-state index contributed by atoms with van der Waals surface area (Å²) in [5.74, 6) is 2.41. The monoisotopic (exact) mass is 241 g/mol. The molecule has 0 aliphatic heterocycles. The summed E-state index contributed by atoms with van der Waals surface area (Å²) in [6.45, 7) is 9.12. The highest BCUT2D eigenvalue weighted by Gasteiger charge is 2.30. The van der Waals surface area contributed by atoms with Gasteiger partial charge >= 0.3 is 0 Å². The summed E-state index contributed by atoms with van der Waals surface area (Å²) < 4.78 is 6.15. The minimum Gasteiger partial charge on any atom is -0.378 e. The largest absolute Gasteiger partial charge is 0.378 e. The number of hydrogen-bond donors (Lipinski definition) is 1. The van der Waals surface area contributed by atoms with Crippen molar-refractivity contribution in [2.45, 2.75) is 59.0 Å². The van der Waals surface area contributed by atoms with Gasteiger partial charge in [-0.3, -0.25) is 0 Å². The Morgan fingerprint density at radius 3 is 2.65 bits per heavy atom. The molecule has 0 amide bonds. The second-order valence-electron chi connectivity index (χ2n) is 6.05. The van der Waals surface area contributed by atoms with Gasteiger partial charge in [0.2, 0.25) is 0 Å². The molecule has 3 unspecified atom stereocenters. The van der Waals surface area contributed by atoms with Crippen molar-refractivity contribution in [2.75, 3.05) is 20.2 Å². The van der Waals surface area contributed by atoms with Crippen molar-refractivity contribution >= 4 is 0 Å². The van der Waals surface area contributed by atoms with E-state index in [0.717, 1.165) is 30.9 Å². The van der Waals surface area contributed by atoms with E-state index in [9.17, 15) is 0 Å². The summed E-state index contributed by atoms with van der Waals surface area (Å²) in [5, 5.41) is 3.18. The molecule has 1 saturated carbocycles. The maximum absolute atomic E-state index is 6.15. The maximum atomic E-state index is 6.15. The average molecular weight is 241 g/mol. The van der Waals surface area contributed by atoms with Crippen LogP contribution in [0.3, 0.4) is 0 Å². The Labute approximate surface area is 108 Å². The summed E-state index contributed by atoms with van der Waals surface area (Å²) >= 11 is 0. The molecule has 1 aliphatic rings. The molecule has 2 nitrogen and oxygen atoms in total. The van der Waals surface area contributed by atoms with Gasteiger partial charge in [-0.1, -0.05) is 27.2 Å². The Morgan fingerprint density at radius 2 is 2.00 bits per heavy atom. The first-order valence-corrected chi connectivity index (χ1v) is 7.41. The number of nitrogens with one attached hydrogen (secondary N) is 1. The third-order valence-electron chi connectivity index (χ3n) is 4.11. The number of rotatable bonds is 7. The van der Waals surface area contributed by atoms with E-state index in [0.29, 0.717) is 6.10 Å². The molecule has 0 bridgehead atoms. The average Bonchev–Trinajstić information content (AvgIpc) is 2.28. The van der Waals surface area contributed by atoms with E-state index in [2.05, 4.69) is 26.1 Å². The zero-order chi connectivity index (χ0) is 12.7. The van der Waals surface area contributed by atoms with Crippen LogP contribution in [0.2, 0.25) is 0 Å². The third-order valence-corrected chi connectivity index (χ3v) is 4.11. The van der Waals surface area contributed by atoms with Crippen LogP contribution in [0, 0.1) is 17.8 Å². The molecule has 17 heavy (non-hydrogen) atoms. The Morgan fingerprint density at radius 1 is 1.24 bits per heavy atom. The first kappa shape index (κ1) is 15.0. The van der Waals surface area contributed by atoms with Gasteiger partial charge in [0.05, 0.1) is 6.10 Å². The molecule has 0 spiro atoms. The molecular weight excluding hydrogens is 210 g/mol. The highest BCUT2D eigenvalue weighted by molar-refractivity contribution is 4.81. The zero-order valence-corrected chi connectivity index (χ0v) is 12.2. The molecule has 0 aromatic carbocycles. The molecule has 3 atom stereocenters. The van der Waals surface area contributed by atoms with E-state index in [1.165, 1.54) is 32.1 Å². The Balaban J connectivity index is 2.26. The predicted molar refractivity (Wildman–Crippen MR) is 74.2 cm³/mol. The molecule has 0 aromatic rings. The van der Waals surface area contributed by atoms with Crippen LogP contribution in [0.1, 0.15) is 52.9 Å². The lowest BCUT2D eigenvalue weighted by atomic mass is 9.75.